The molecule has 0 aliphatic carbocycles. The first-order valence-electron chi connectivity index (χ1n) is 8.54. The zero-order chi connectivity index (χ0) is 19.6. The molecule has 0 saturated carbocycles. The molecule has 1 heterocycles. The number of Topliss-reactive ketones (excluding diaryl/α,β-unsaturated/α-hetero) is 1. The topological polar surface area (TPSA) is 87.0 Å². The van der Waals surface area contributed by atoms with E-state index < -0.39 is 12.1 Å². The van der Waals surface area contributed by atoms with Gasteiger partial charge in [0.25, 0.3) is 0 Å². The number of carbonyl (C=O) groups is 2. The lowest BCUT2D eigenvalue weighted by atomic mass is 9.96. The van der Waals surface area contributed by atoms with Gasteiger partial charge in [-0.05, 0) is 73.0 Å². The Kier molecular flexibility index (Phi) is 5.12. The van der Waals surface area contributed by atoms with Crippen LogP contribution in [0.15, 0.2) is 42.7 Å². The quantitative estimate of drug-likeness (QED) is 0.511. The SMILES string of the molecule is Cc1cc(C)c(C(=O)C(C)OC(=O)c2ccccc2-n2cnnn2)cc1C. The third-order valence-electron chi connectivity index (χ3n) is 4.48. The van der Waals surface area contributed by atoms with Crippen LogP contribution in [0, 0.1) is 20.8 Å². The van der Waals surface area contributed by atoms with Gasteiger partial charge in [0, 0.05) is 5.56 Å². The minimum Gasteiger partial charge on any atom is -0.451 e. The highest BCUT2D eigenvalue weighted by Gasteiger charge is 2.24. The molecule has 27 heavy (non-hydrogen) atoms. The molecule has 7 heteroatoms. The summed E-state index contributed by atoms with van der Waals surface area (Å²) < 4.78 is 6.82. The first-order valence-corrected chi connectivity index (χ1v) is 8.54. The zero-order valence-corrected chi connectivity index (χ0v) is 15.6. The molecule has 0 aliphatic rings. The van der Waals surface area contributed by atoms with E-state index in [0.717, 1.165) is 16.7 Å². The van der Waals surface area contributed by atoms with Crippen LogP contribution in [-0.2, 0) is 4.74 Å². The molecule has 0 saturated heterocycles. The van der Waals surface area contributed by atoms with Crippen LogP contribution in [0.1, 0.15) is 44.3 Å². The van der Waals surface area contributed by atoms with Gasteiger partial charge in [-0.2, -0.15) is 4.68 Å². The second-order valence-corrected chi connectivity index (χ2v) is 6.43. The highest BCUT2D eigenvalue weighted by Crippen LogP contribution is 2.20. The number of tetrazole rings is 1. The fourth-order valence-electron chi connectivity index (χ4n) is 2.84. The number of ketones is 1. The lowest BCUT2D eigenvalue weighted by Gasteiger charge is -2.16. The summed E-state index contributed by atoms with van der Waals surface area (Å²) in [4.78, 5) is 25.5. The molecule has 1 atom stereocenters. The molecule has 7 nitrogen and oxygen atoms in total. The minimum atomic E-state index is -0.916. The fourth-order valence-corrected chi connectivity index (χ4v) is 2.84. The van der Waals surface area contributed by atoms with Crippen molar-refractivity contribution in [2.45, 2.75) is 33.8 Å². The van der Waals surface area contributed by atoms with E-state index in [0.29, 0.717) is 11.3 Å². The highest BCUT2D eigenvalue weighted by atomic mass is 16.5. The number of carbonyl (C=O) groups excluding carboxylic acids is 2. The summed E-state index contributed by atoms with van der Waals surface area (Å²) in [6.07, 6.45) is 0.472. The van der Waals surface area contributed by atoms with Crippen molar-refractivity contribution in [1.29, 1.82) is 0 Å². The molecule has 0 amide bonds. The summed E-state index contributed by atoms with van der Waals surface area (Å²) in [7, 11) is 0. The standard InChI is InChI=1S/C20H20N4O3/c1-12-9-14(3)17(10-13(12)2)19(25)15(4)27-20(26)16-7-5-6-8-18(16)24-11-21-22-23-24/h5-11,15H,1-4H3. The second-order valence-electron chi connectivity index (χ2n) is 6.43. The van der Waals surface area contributed by atoms with Crippen molar-refractivity contribution in [2.75, 3.05) is 0 Å². The molecule has 0 radical (unpaired) electrons. The van der Waals surface area contributed by atoms with Gasteiger partial charge in [0.15, 0.2) is 6.10 Å². The third kappa shape index (κ3) is 3.76. The summed E-state index contributed by atoms with van der Waals surface area (Å²) in [6.45, 7) is 7.40. The summed E-state index contributed by atoms with van der Waals surface area (Å²) in [5.41, 5.74) is 4.32. The number of aromatic nitrogens is 4. The Labute approximate surface area is 157 Å². The normalized spacial score (nSPS) is 11.9. The van der Waals surface area contributed by atoms with Crippen LogP contribution in [0.5, 0.6) is 0 Å². The molecule has 0 fully saturated rings. The van der Waals surface area contributed by atoms with Gasteiger partial charge in [0.05, 0.1) is 11.3 Å². The molecule has 1 aromatic heterocycles. The second kappa shape index (κ2) is 7.49. The van der Waals surface area contributed by atoms with Gasteiger partial charge >= 0.3 is 5.97 Å². The third-order valence-corrected chi connectivity index (χ3v) is 4.48. The van der Waals surface area contributed by atoms with Crippen molar-refractivity contribution < 1.29 is 14.3 Å². The van der Waals surface area contributed by atoms with E-state index in [1.54, 1.807) is 31.2 Å². The molecule has 0 spiro atoms. The maximum atomic E-state index is 12.8. The lowest BCUT2D eigenvalue weighted by molar-refractivity contribution is 0.0318. The number of hydrogen-bond donors (Lipinski definition) is 0. The Morgan fingerprint density at radius 2 is 1.70 bits per heavy atom. The summed E-state index contributed by atoms with van der Waals surface area (Å²) in [5, 5.41) is 11.0. The van der Waals surface area contributed by atoms with E-state index in [1.807, 2.05) is 32.9 Å². The summed E-state index contributed by atoms with van der Waals surface area (Å²) >= 11 is 0. The Bertz CT molecular complexity index is 996. The van der Waals surface area contributed by atoms with E-state index in [4.69, 9.17) is 4.74 Å². The monoisotopic (exact) mass is 364 g/mol. The molecule has 3 aromatic rings. The van der Waals surface area contributed by atoms with Gasteiger partial charge in [-0.25, -0.2) is 4.79 Å². The molecule has 3 rings (SSSR count). The van der Waals surface area contributed by atoms with Crippen LogP contribution in [0.2, 0.25) is 0 Å². The van der Waals surface area contributed by atoms with E-state index in [9.17, 15) is 9.59 Å². The number of hydrogen-bond acceptors (Lipinski definition) is 6. The predicted molar refractivity (Wildman–Crippen MR) is 99.0 cm³/mol. The van der Waals surface area contributed by atoms with Crippen LogP contribution < -0.4 is 0 Å². The maximum absolute atomic E-state index is 12.8. The predicted octanol–water partition coefficient (Wildman–Crippen LogP) is 3.02. The average molecular weight is 364 g/mol. The summed E-state index contributed by atoms with van der Waals surface area (Å²) in [5.74, 6) is -0.840. The number of benzene rings is 2. The summed E-state index contributed by atoms with van der Waals surface area (Å²) in [6, 6.07) is 10.6. The maximum Gasteiger partial charge on any atom is 0.341 e. The fraction of sp³-hybridized carbons (Fsp3) is 0.250. The van der Waals surface area contributed by atoms with Gasteiger partial charge in [-0.3, -0.25) is 4.79 Å². The van der Waals surface area contributed by atoms with Crippen LogP contribution in [-0.4, -0.2) is 38.1 Å². The number of aryl methyl sites for hydroxylation is 3. The van der Waals surface area contributed by atoms with Crippen molar-refractivity contribution in [3.05, 3.63) is 70.5 Å². The minimum absolute atomic E-state index is 0.233. The number of ether oxygens (including phenoxy) is 1. The van der Waals surface area contributed by atoms with E-state index in [2.05, 4.69) is 15.5 Å². The Morgan fingerprint density at radius 3 is 2.41 bits per heavy atom. The number of rotatable bonds is 5. The van der Waals surface area contributed by atoms with Gasteiger partial charge in [-0.15, -0.1) is 5.10 Å². The Balaban J connectivity index is 1.83. The van der Waals surface area contributed by atoms with Crippen molar-refractivity contribution in [3.8, 4) is 5.69 Å². The van der Waals surface area contributed by atoms with Gasteiger partial charge in [0.2, 0.25) is 5.78 Å². The molecule has 0 aliphatic heterocycles. The lowest BCUT2D eigenvalue weighted by Crippen LogP contribution is -2.26. The first-order chi connectivity index (χ1) is 12.9. The molecular formula is C20H20N4O3. The number of esters is 1. The molecule has 1 unspecified atom stereocenters. The highest BCUT2D eigenvalue weighted by molar-refractivity contribution is 6.03. The van der Waals surface area contributed by atoms with Crippen molar-refractivity contribution in [3.63, 3.8) is 0 Å². The van der Waals surface area contributed by atoms with Gasteiger partial charge in [-0.1, -0.05) is 18.2 Å². The molecule has 138 valence electrons. The first kappa shape index (κ1) is 18.4. The van der Waals surface area contributed by atoms with Crippen molar-refractivity contribution in [2.24, 2.45) is 0 Å². The van der Waals surface area contributed by atoms with E-state index in [1.165, 1.54) is 11.0 Å². The average Bonchev–Trinajstić information content (AvgIpc) is 3.18. The number of para-hydroxylation sites is 1. The molecule has 2 aromatic carbocycles. The smallest absolute Gasteiger partial charge is 0.341 e. The Morgan fingerprint density at radius 1 is 1.00 bits per heavy atom. The zero-order valence-electron chi connectivity index (χ0n) is 15.6. The van der Waals surface area contributed by atoms with Crippen LogP contribution >= 0.6 is 0 Å². The van der Waals surface area contributed by atoms with Crippen molar-refractivity contribution >= 4 is 11.8 Å². The van der Waals surface area contributed by atoms with E-state index >= 15 is 0 Å². The Hall–Kier alpha value is -3.35. The molecular weight excluding hydrogens is 344 g/mol. The van der Waals surface area contributed by atoms with Crippen LogP contribution in [0.25, 0.3) is 5.69 Å². The van der Waals surface area contributed by atoms with Gasteiger partial charge < -0.3 is 4.74 Å². The van der Waals surface area contributed by atoms with Crippen molar-refractivity contribution in [1.82, 2.24) is 20.2 Å². The largest absolute Gasteiger partial charge is 0.451 e. The molecule has 0 bridgehead atoms. The van der Waals surface area contributed by atoms with Gasteiger partial charge in [0.1, 0.15) is 6.33 Å². The molecule has 0 N–H and O–H groups in total. The van der Waals surface area contributed by atoms with Crippen LogP contribution in [0.4, 0.5) is 0 Å². The van der Waals surface area contributed by atoms with Crippen LogP contribution in [0.3, 0.4) is 0 Å². The van der Waals surface area contributed by atoms with E-state index in [-0.39, 0.29) is 11.3 Å². The number of nitrogens with zero attached hydrogens (tertiary/aromatic N) is 4.